The zero-order chi connectivity index (χ0) is 23.2. The highest BCUT2D eigenvalue weighted by molar-refractivity contribution is 5.85. The minimum atomic E-state index is -4.48. The summed E-state index contributed by atoms with van der Waals surface area (Å²) < 4.78 is 47.4. The van der Waals surface area contributed by atoms with Gasteiger partial charge in [-0.1, -0.05) is 23.4 Å². The van der Waals surface area contributed by atoms with Crippen LogP contribution in [0, 0.1) is 0 Å². The average Bonchev–Trinajstić information content (AvgIpc) is 3.36. The second-order valence-electron chi connectivity index (χ2n) is 8.69. The van der Waals surface area contributed by atoms with Crippen molar-refractivity contribution in [2.45, 2.75) is 31.7 Å². The van der Waals surface area contributed by atoms with Crippen molar-refractivity contribution >= 4 is 22.9 Å². The van der Waals surface area contributed by atoms with Crippen LogP contribution in [-0.4, -0.2) is 75.1 Å². The zero-order valence-corrected chi connectivity index (χ0v) is 18.1. The van der Waals surface area contributed by atoms with Crippen molar-refractivity contribution in [3.63, 3.8) is 0 Å². The minimum absolute atomic E-state index is 0.0772. The van der Waals surface area contributed by atoms with E-state index in [-0.39, 0.29) is 12.1 Å². The Balaban J connectivity index is 1.60. The molecule has 1 N–H and O–H groups in total. The van der Waals surface area contributed by atoms with E-state index >= 15 is 0 Å². The van der Waals surface area contributed by atoms with Gasteiger partial charge in [-0.25, -0.2) is 4.68 Å². The van der Waals surface area contributed by atoms with Gasteiger partial charge in [-0.05, 0) is 25.0 Å². The van der Waals surface area contributed by atoms with Crippen molar-refractivity contribution in [2.75, 3.05) is 49.2 Å². The summed E-state index contributed by atoms with van der Waals surface area (Å²) >= 11 is 0. The number of ether oxygens (including phenoxy) is 1. The van der Waals surface area contributed by atoms with Crippen molar-refractivity contribution in [3.05, 3.63) is 35.4 Å². The molecule has 2 aliphatic heterocycles. The van der Waals surface area contributed by atoms with E-state index in [9.17, 15) is 18.3 Å². The first-order valence-corrected chi connectivity index (χ1v) is 10.8. The molecule has 2 saturated heterocycles. The molecule has 0 unspecified atom stereocenters. The van der Waals surface area contributed by atoms with Crippen LogP contribution in [0.5, 0.6) is 0 Å². The molecular weight excluding hydrogens is 439 g/mol. The maximum Gasteiger partial charge on any atom is 0.416 e. The summed E-state index contributed by atoms with van der Waals surface area (Å²) in [5.74, 6) is 0.976. The molecule has 2 aliphatic rings. The van der Waals surface area contributed by atoms with Gasteiger partial charge in [0.25, 0.3) is 0 Å². The van der Waals surface area contributed by atoms with Crippen LogP contribution in [-0.2, 0) is 17.5 Å². The van der Waals surface area contributed by atoms with Gasteiger partial charge in [0.1, 0.15) is 0 Å². The van der Waals surface area contributed by atoms with E-state index in [0.29, 0.717) is 68.7 Å². The molecule has 2 aromatic heterocycles. The van der Waals surface area contributed by atoms with E-state index in [0.717, 1.165) is 6.07 Å². The molecule has 9 nitrogen and oxygen atoms in total. The zero-order valence-electron chi connectivity index (χ0n) is 18.1. The van der Waals surface area contributed by atoms with Crippen molar-refractivity contribution in [3.8, 4) is 0 Å². The van der Waals surface area contributed by atoms with Gasteiger partial charge in [0.15, 0.2) is 11.3 Å². The van der Waals surface area contributed by atoms with Crippen LogP contribution in [0.2, 0.25) is 0 Å². The monoisotopic (exact) mass is 463 g/mol. The lowest BCUT2D eigenvalue weighted by atomic mass is 10.1. The number of alkyl halides is 3. The number of β-amino-alcohol motifs (C(OH)–C–C–N with tert-alkyl or cyclic N) is 1. The molecule has 0 bridgehead atoms. The third-order valence-electron chi connectivity index (χ3n) is 6.03. The Morgan fingerprint density at radius 3 is 2.55 bits per heavy atom. The topological polar surface area (TPSA) is 92.4 Å². The molecule has 0 radical (unpaired) electrons. The summed E-state index contributed by atoms with van der Waals surface area (Å²) in [5.41, 5.74) is -0.782. The quantitative estimate of drug-likeness (QED) is 0.629. The Labute approximate surface area is 187 Å². The molecule has 2 fully saturated rings. The van der Waals surface area contributed by atoms with Crippen LogP contribution in [0.15, 0.2) is 24.3 Å². The third-order valence-corrected chi connectivity index (χ3v) is 6.03. The van der Waals surface area contributed by atoms with Gasteiger partial charge in [0.05, 0.1) is 30.9 Å². The summed E-state index contributed by atoms with van der Waals surface area (Å²) in [4.78, 5) is 13.2. The lowest BCUT2D eigenvalue weighted by Crippen LogP contribution is -2.38. The predicted molar refractivity (Wildman–Crippen MR) is 114 cm³/mol. The summed E-state index contributed by atoms with van der Waals surface area (Å²) in [7, 11) is 0. The number of benzene rings is 1. The number of hydrogen-bond acceptors (Lipinski definition) is 8. The van der Waals surface area contributed by atoms with Crippen molar-refractivity contribution < 1.29 is 23.0 Å². The van der Waals surface area contributed by atoms with E-state index < -0.39 is 17.3 Å². The highest BCUT2D eigenvalue weighted by Crippen LogP contribution is 2.34. The van der Waals surface area contributed by atoms with Crippen LogP contribution in [0.4, 0.5) is 24.9 Å². The molecule has 1 atom stereocenters. The van der Waals surface area contributed by atoms with Crippen molar-refractivity contribution in [1.82, 2.24) is 25.0 Å². The average molecular weight is 463 g/mol. The first-order chi connectivity index (χ1) is 15.7. The maximum atomic E-state index is 13.5. The summed E-state index contributed by atoms with van der Waals surface area (Å²) in [6.07, 6.45) is -3.94. The van der Waals surface area contributed by atoms with Gasteiger partial charge in [-0.3, -0.25) is 0 Å². The summed E-state index contributed by atoms with van der Waals surface area (Å²) in [6.45, 7) is 4.85. The highest BCUT2D eigenvalue weighted by atomic mass is 19.4. The van der Waals surface area contributed by atoms with Gasteiger partial charge >= 0.3 is 6.18 Å². The number of morpholine rings is 1. The van der Waals surface area contributed by atoms with E-state index in [4.69, 9.17) is 9.72 Å². The largest absolute Gasteiger partial charge is 0.416 e. The molecule has 4 heterocycles. The fourth-order valence-corrected chi connectivity index (χ4v) is 4.32. The Bertz CT molecular complexity index is 1160. The third kappa shape index (κ3) is 4.32. The number of nitrogens with zero attached hydrogens (tertiary/aromatic N) is 7. The summed E-state index contributed by atoms with van der Waals surface area (Å²) in [6, 6.07) is 5.41. The number of aromatic nitrogens is 5. The first-order valence-electron chi connectivity index (χ1n) is 10.8. The lowest BCUT2D eigenvalue weighted by molar-refractivity contribution is -0.138. The van der Waals surface area contributed by atoms with Gasteiger partial charge in [-0.15, -0.1) is 5.10 Å². The molecule has 3 aromatic rings. The van der Waals surface area contributed by atoms with Gasteiger partial charge < -0.3 is 19.6 Å². The van der Waals surface area contributed by atoms with E-state index in [1.165, 1.54) is 16.8 Å². The van der Waals surface area contributed by atoms with Crippen LogP contribution in [0.3, 0.4) is 0 Å². The first kappa shape index (κ1) is 21.8. The van der Waals surface area contributed by atoms with Crippen molar-refractivity contribution in [1.29, 1.82) is 0 Å². The lowest BCUT2D eigenvalue weighted by Gasteiger charge is -2.28. The number of aliphatic hydroxyl groups is 1. The Morgan fingerprint density at radius 1 is 1.09 bits per heavy atom. The molecular formula is C21H24F3N7O2. The molecule has 176 valence electrons. The molecule has 0 aliphatic carbocycles. The predicted octanol–water partition coefficient (Wildman–Crippen LogP) is 2.09. The standard InChI is InChI=1S/C21H24F3N7O2/c1-20(32)6-7-30(13-20)18-16-17(25-19(26-18)29-8-10-33-11-9-29)27-28-31(16)12-14-4-2-3-5-15(14)21(22,23)24/h2-5,32H,6-13H2,1H3/t20-/m0/s1. The molecule has 12 heteroatoms. The van der Waals surface area contributed by atoms with Gasteiger partial charge in [0.2, 0.25) is 11.6 Å². The molecule has 1 aromatic carbocycles. The second-order valence-corrected chi connectivity index (χ2v) is 8.69. The van der Waals surface area contributed by atoms with Crippen LogP contribution >= 0.6 is 0 Å². The SMILES string of the molecule is C[C@]1(O)CCN(c2nc(N3CCOCC3)nc3nnn(Cc4ccccc4C(F)(F)F)c23)C1. The smallest absolute Gasteiger partial charge is 0.388 e. The summed E-state index contributed by atoms with van der Waals surface area (Å²) in [5, 5.41) is 18.8. The van der Waals surface area contributed by atoms with Gasteiger partial charge in [0, 0.05) is 26.2 Å². The number of anilines is 2. The Kier molecular flexibility index (Phi) is 5.36. The number of halogens is 3. The Hall–Kier alpha value is -2.99. The second kappa shape index (κ2) is 8.10. The number of hydrogen-bond donors (Lipinski definition) is 1. The highest BCUT2D eigenvalue weighted by Gasteiger charge is 2.36. The van der Waals surface area contributed by atoms with Gasteiger partial charge in [-0.2, -0.15) is 23.1 Å². The molecule has 33 heavy (non-hydrogen) atoms. The van der Waals surface area contributed by atoms with E-state index in [1.54, 1.807) is 13.0 Å². The van der Waals surface area contributed by atoms with E-state index in [1.807, 2.05) is 9.80 Å². The number of rotatable bonds is 4. The van der Waals surface area contributed by atoms with Crippen LogP contribution in [0.25, 0.3) is 11.2 Å². The van der Waals surface area contributed by atoms with Crippen molar-refractivity contribution in [2.24, 2.45) is 0 Å². The molecule has 0 spiro atoms. The fraction of sp³-hybridized carbons (Fsp3) is 0.524. The van der Waals surface area contributed by atoms with E-state index in [2.05, 4.69) is 15.3 Å². The van der Waals surface area contributed by atoms with Crippen LogP contribution < -0.4 is 9.80 Å². The molecule has 5 rings (SSSR count). The normalized spacial score (nSPS) is 21.8. The maximum absolute atomic E-state index is 13.5. The Morgan fingerprint density at radius 2 is 1.85 bits per heavy atom. The molecule has 0 saturated carbocycles. The fourth-order valence-electron chi connectivity index (χ4n) is 4.32. The molecule has 0 amide bonds. The minimum Gasteiger partial charge on any atom is -0.388 e. The van der Waals surface area contributed by atoms with Crippen LogP contribution in [0.1, 0.15) is 24.5 Å². The number of fused-ring (bicyclic) bond motifs is 1.